The van der Waals surface area contributed by atoms with Gasteiger partial charge in [0.25, 0.3) is 0 Å². The standard InChI is InChI=1S/C24H29Cl2FN2O4/c1-23(2,3)32-22(30)29-11-9-24(27,10-12-29)14-31-13-16-20(28-33-21(16)15-7-8-15)19-17(25)5-4-6-18(19)26/h4-6,15H,7-14H2,1-3H3. The van der Waals surface area contributed by atoms with Crippen LogP contribution in [0.3, 0.4) is 0 Å². The number of carbonyl (C=O) groups excluding carboxylic acids is 1. The van der Waals surface area contributed by atoms with Crippen molar-refractivity contribution in [1.82, 2.24) is 10.1 Å². The third kappa shape index (κ3) is 5.81. The van der Waals surface area contributed by atoms with Gasteiger partial charge >= 0.3 is 6.09 Å². The number of likely N-dealkylation sites (tertiary alicyclic amines) is 1. The van der Waals surface area contributed by atoms with Crippen LogP contribution >= 0.6 is 23.2 Å². The summed E-state index contributed by atoms with van der Waals surface area (Å²) in [6, 6.07) is 5.25. The number of hydrogen-bond acceptors (Lipinski definition) is 5. The van der Waals surface area contributed by atoms with E-state index in [9.17, 15) is 4.79 Å². The van der Waals surface area contributed by atoms with Gasteiger partial charge in [-0.3, -0.25) is 0 Å². The lowest BCUT2D eigenvalue weighted by Gasteiger charge is -2.36. The number of carbonyl (C=O) groups is 1. The molecule has 9 heteroatoms. The van der Waals surface area contributed by atoms with Crippen molar-refractivity contribution in [3.63, 3.8) is 0 Å². The van der Waals surface area contributed by atoms with Crippen molar-refractivity contribution >= 4 is 29.3 Å². The third-order valence-corrected chi connectivity index (χ3v) is 6.51. The maximum Gasteiger partial charge on any atom is 0.410 e. The van der Waals surface area contributed by atoms with E-state index in [2.05, 4.69) is 5.16 Å². The normalized spacial score (nSPS) is 18.4. The molecule has 0 atom stereocenters. The number of aromatic nitrogens is 1. The first-order valence-corrected chi connectivity index (χ1v) is 12.0. The van der Waals surface area contributed by atoms with E-state index in [0.717, 1.165) is 24.2 Å². The van der Waals surface area contributed by atoms with Crippen molar-refractivity contribution in [2.75, 3.05) is 19.7 Å². The molecule has 1 saturated carbocycles. The van der Waals surface area contributed by atoms with Gasteiger partial charge in [-0.15, -0.1) is 0 Å². The number of alkyl halides is 1. The summed E-state index contributed by atoms with van der Waals surface area (Å²) in [5.74, 6) is 1.05. The van der Waals surface area contributed by atoms with Gasteiger partial charge in [0.2, 0.25) is 0 Å². The van der Waals surface area contributed by atoms with Crippen LogP contribution in [0.5, 0.6) is 0 Å². The van der Waals surface area contributed by atoms with Gasteiger partial charge in [-0.25, -0.2) is 9.18 Å². The molecule has 2 heterocycles. The van der Waals surface area contributed by atoms with E-state index in [1.807, 2.05) is 20.8 Å². The summed E-state index contributed by atoms with van der Waals surface area (Å²) in [6.07, 6.45) is 2.00. The average Bonchev–Trinajstić information content (AvgIpc) is 3.49. The molecule has 0 N–H and O–H groups in total. The fourth-order valence-corrected chi connectivity index (χ4v) is 4.52. The van der Waals surface area contributed by atoms with Crippen molar-refractivity contribution in [2.24, 2.45) is 0 Å². The fraction of sp³-hybridized carbons (Fsp3) is 0.583. The largest absolute Gasteiger partial charge is 0.444 e. The molecule has 2 fully saturated rings. The lowest BCUT2D eigenvalue weighted by Crippen LogP contribution is -2.48. The van der Waals surface area contributed by atoms with Gasteiger partial charge in [-0.2, -0.15) is 0 Å². The van der Waals surface area contributed by atoms with Gasteiger partial charge in [-0.1, -0.05) is 34.4 Å². The van der Waals surface area contributed by atoms with Gasteiger partial charge in [0.15, 0.2) is 0 Å². The summed E-state index contributed by atoms with van der Waals surface area (Å²) in [7, 11) is 0. The molecule has 0 radical (unpaired) electrons. The van der Waals surface area contributed by atoms with E-state index in [0.29, 0.717) is 27.2 Å². The van der Waals surface area contributed by atoms with Crippen LogP contribution in [0, 0.1) is 0 Å². The number of piperidine rings is 1. The van der Waals surface area contributed by atoms with Crippen LogP contribution in [-0.2, 0) is 16.1 Å². The predicted molar refractivity (Wildman–Crippen MR) is 124 cm³/mol. The van der Waals surface area contributed by atoms with Crippen LogP contribution in [0.15, 0.2) is 22.7 Å². The molecule has 0 spiro atoms. The second-order valence-electron chi connectivity index (χ2n) is 9.86. The Morgan fingerprint density at radius 3 is 2.45 bits per heavy atom. The zero-order chi connectivity index (χ0) is 23.8. The molecule has 4 rings (SSSR count). The summed E-state index contributed by atoms with van der Waals surface area (Å²) in [5, 5.41) is 5.17. The van der Waals surface area contributed by atoms with Crippen molar-refractivity contribution in [3.05, 3.63) is 39.6 Å². The first kappa shape index (κ1) is 24.3. The Hall–Kier alpha value is -1.83. The zero-order valence-corrected chi connectivity index (χ0v) is 20.6. The van der Waals surface area contributed by atoms with Crippen molar-refractivity contribution < 1.29 is 23.2 Å². The summed E-state index contributed by atoms with van der Waals surface area (Å²) < 4.78 is 32.3. The molecule has 1 saturated heterocycles. The molecule has 1 aromatic carbocycles. The highest BCUT2D eigenvalue weighted by atomic mass is 35.5. The van der Waals surface area contributed by atoms with E-state index >= 15 is 4.39 Å². The molecule has 2 aromatic rings. The summed E-state index contributed by atoms with van der Waals surface area (Å²) in [4.78, 5) is 13.8. The van der Waals surface area contributed by atoms with Crippen LogP contribution in [-0.4, -0.2) is 47.1 Å². The minimum absolute atomic E-state index is 0.0832. The Balaban J connectivity index is 1.40. The number of amides is 1. The van der Waals surface area contributed by atoms with Crippen LogP contribution in [0.1, 0.15) is 63.7 Å². The number of benzene rings is 1. The Morgan fingerprint density at radius 1 is 1.24 bits per heavy atom. The monoisotopic (exact) mass is 498 g/mol. The minimum atomic E-state index is -1.52. The number of rotatable bonds is 6. The number of nitrogens with zero attached hydrogens (tertiary/aromatic N) is 2. The van der Waals surface area contributed by atoms with Crippen LogP contribution in [0.25, 0.3) is 11.3 Å². The van der Waals surface area contributed by atoms with E-state index < -0.39 is 17.4 Å². The molecule has 0 unspecified atom stereocenters. The predicted octanol–water partition coefficient (Wildman–Crippen LogP) is 6.78. The lowest BCUT2D eigenvalue weighted by atomic mass is 9.94. The third-order valence-electron chi connectivity index (χ3n) is 5.88. The van der Waals surface area contributed by atoms with Gasteiger partial charge < -0.3 is 18.9 Å². The van der Waals surface area contributed by atoms with Crippen molar-refractivity contribution in [1.29, 1.82) is 0 Å². The Kier molecular flexibility index (Phi) is 6.95. The fourth-order valence-electron chi connectivity index (χ4n) is 3.95. The van der Waals surface area contributed by atoms with Gasteiger partial charge in [0, 0.05) is 43.0 Å². The zero-order valence-electron chi connectivity index (χ0n) is 19.1. The molecule has 2 aliphatic rings. The van der Waals surface area contributed by atoms with Gasteiger partial charge in [-0.05, 0) is 45.7 Å². The highest BCUT2D eigenvalue weighted by molar-refractivity contribution is 6.39. The quantitative estimate of drug-likeness (QED) is 0.438. The molecule has 0 bridgehead atoms. The topological polar surface area (TPSA) is 64.8 Å². The lowest BCUT2D eigenvalue weighted by molar-refractivity contribution is -0.0375. The molecule has 1 aliphatic heterocycles. The van der Waals surface area contributed by atoms with Crippen molar-refractivity contribution in [2.45, 2.75) is 70.2 Å². The maximum atomic E-state index is 15.4. The molecule has 33 heavy (non-hydrogen) atoms. The van der Waals surface area contributed by atoms with E-state index in [-0.39, 0.29) is 39.1 Å². The summed E-state index contributed by atoms with van der Waals surface area (Å²) in [6.45, 7) is 6.08. The second-order valence-corrected chi connectivity index (χ2v) is 10.7. The van der Waals surface area contributed by atoms with Gasteiger partial charge in [0.05, 0.1) is 23.3 Å². The highest BCUT2D eigenvalue weighted by Gasteiger charge is 2.38. The Morgan fingerprint density at radius 2 is 1.88 bits per heavy atom. The second kappa shape index (κ2) is 9.43. The molecule has 1 aliphatic carbocycles. The first-order chi connectivity index (χ1) is 15.6. The maximum absolute atomic E-state index is 15.4. The van der Waals surface area contributed by atoms with Crippen LogP contribution in [0.2, 0.25) is 10.0 Å². The van der Waals surface area contributed by atoms with Crippen molar-refractivity contribution in [3.8, 4) is 11.3 Å². The molecule has 6 nitrogen and oxygen atoms in total. The number of hydrogen-bond donors (Lipinski definition) is 0. The average molecular weight is 499 g/mol. The molecule has 1 aromatic heterocycles. The first-order valence-electron chi connectivity index (χ1n) is 11.2. The number of ether oxygens (including phenoxy) is 2. The van der Waals surface area contributed by atoms with E-state index in [4.69, 9.17) is 37.2 Å². The molecular formula is C24H29Cl2FN2O4. The van der Waals surface area contributed by atoms with E-state index in [1.165, 1.54) is 0 Å². The number of halogens is 3. The molecule has 180 valence electrons. The van der Waals surface area contributed by atoms with Gasteiger partial charge in [0.1, 0.15) is 22.7 Å². The van der Waals surface area contributed by atoms with Crippen LogP contribution < -0.4 is 0 Å². The summed E-state index contributed by atoms with van der Waals surface area (Å²) in [5.41, 5.74) is -0.194. The Labute approximate surface area is 203 Å². The van der Waals surface area contributed by atoms with E-state index in [1.54, 1.807) is 23.1 Å². The molecular weight excluding hydrogens is 470 g/mol. The summed E-state index contributed by atoms with van der Waals surface area (Å²) >= 11 is 12.8. The minimum Gasteiger partial charge on any atom is -0.444 e. The Bertz CT molecular complexity index is 988. The highest BCUT2D eigenvalue weighted by Crippen LogP contribution is 2.46. The molecule has 1 amide bonds. The smallest absolute Gasteiger partial charge is 0.410 e. The van der Waals surface area contributed by atoms with Crippen LogP contribution in [0.4, 0.5) is 9.18 Å². The SMILES string of the molecule is CC(C)(C)OC(=O)N1CCC(F)(COCc2c(-c3c(Cl)cccc3Cl)noc2C2CC2)CC1.